The minimum Gasteiger partial charge on any atom is -0.489 e. The maximum absolute atomic E-state index is 12.7. The molecule has 0 spiro atoms. The summed E-state index contributed by atoms with van der Waals surface area (Å²) >= 11 is 13.9. The van der Waals surface area contributed by atoms with Gasteiger partial charge in [0.05, 0.1) is 0 Å². The maximum Gasteiger partial charge on any atom is 0.189 e. The fourth-order valence-corrected chi connectivity index (χ4v) is 4.30. The number of thioether (sulfide) groups is 1. The first-order valence-electron chi connectivity index (χ1n) is 9.12. The van der Waals surface area contributed by atoms with Gasteiger partial charge in [-0.05, 0) is 77.6 Å². The van der Waals surface area contributed by atoms with E-state index in [1.54, 1.807) is 30.0 Å². The van der Waals surface area contributed by atoms with Gasteiger partial charge in [0.25, 0.3) is 0 Å². The summed E-state index contributed by atoms with van der Waals surface area (Å²) in [6.45, 7) is 0.491. The molecular formula is C24H18Cl2O2S. The summed E-state index contributed by atoms with van der Waals surface area (Å²) in [6.07, 6.45) is 4.48. The highest BCUT2D eigenvalue weighted by Gasteiger charge is 2.25. The molecule has 1 aliphatic carbocycles. The van der Waals surface area contributed by atoms with Crippen molar-refractivity contribution in [3.63, 3.8) is 0 Å². The number of halogens is 2. The van der Waals surface area contributed by atoms with E-state index in [4.69, 9.17) is 27.9 Å². The second-order valence-corrected chi connectivity index (χ2v) is 8.59. The summed E-state index contributed by atoms with van der Waals surface area (Å²) in [7, 11) is 0. The number of carbonyl (C=O) groups is 1. The number of rotatable bonds is 5. The van der Waals surface area contributed by atoms with Crippen molar-refractivity contribution in [3.05, 3.63) is 98.5 Å². The third-order valence-electron chi connectivity index (χ3n) is 4.78. The lowest BCUT2D eigenvalue weighted by molar-refractivity contribution is 0.104. The van der Waals surface area contributed by atoms with Crippen LogP contribution in [0.4, 0.5) is 0 Å². The Labute approximate surface area is 184 Å². The van der Waals surface area contributed by atoms with E-state index < -0.39 is 0 Å². The predicted molar refractivity (Wildman–Crippen MR) is 121 cm³/mol. The van der Waals surface area contributed by atoms with Crippen LogP contribution in [0.2, 0.25) is 10.0 Å². The van der Waals surface area contributed by atoms with Gasteiger partial charge in [-0.1, -0.05) is 35.3 Å². The van der Waals surface area contributed by atoms with Crippen molar-refractivity contribution in [2.45, 2.75) is 17.9 Å². The van der Waals surface area contributed by atoms with Crippen molar-refractivity contribution < 1.29 is 9.53 Å². The molecule has 3 aromatic rings. The van der Waals surface area contributed by atoms with E-state index in [0.717, 1.165) is 33.6 Å². The molecule has 0 aromatic heterocycles. The summed E-state index contributed by atoms with van der Waals surface area (Å²) in [5.41, 5.74) is 4.36. The van der Waals surface area contributed by atoms with E-state index in [1.165, 1.54) is 4.90 Å². The first-order chi connectivity index (χ1) is 14.0. The Morgan fingerprint density at radius 3 is 2.41 bits per heavy atom. The van der Waals surface area contributed by atoms with Crippen molar-refractivity contribution in [2.24, 2.45) is 0 Å². The van der Waals surface area contributed by atoms with Crippen molar-refractivity contribution in [1.29, 1.82) is 0 Å². The number of Topliss-reactive ketones (excluding diaryl/α,β-unsaturated/α-hetero) is 1. The van der Waals surface area contributed by atoms with Crippen LogP contribution in [0.15, 0.2) is 71.1 Å². The fraction of sp³-hybridized carbons (Fsp3) is 0.125. The molecular weight excluding hydrogens is 423 g/mol. The largest absolute Gasteiger partial charge is 0.489 e. The molecule has 146 valence electrons. The number of ether oxygens (including phenoxy) is 1. The molecule has 3 aromatic carbocycles. The molecule has 0 radical (unpaired) electrons. The zero-order chi connectivity index (χ0) is 20.4. The number of fused-ring (bicyclic) bond motifs is 1. The lowest BCUT2D eigenvalue weighted by atomic mass is 10.1. The Hall–Kier alpha value is -2.20. The zero-order valence-corrected chi connectivity index (χ0v) is 18.1. The van der Waals surface area contributed by atoms with E-state index >= 15 is 0 Å². The molecule has 0 heterocycles. The molecule has 29 heavy (non-hydrogen) atoms. The van der Waals surface area contributed by atoms with Crippen LogP contribution < -0.4 is 4.74 Å². The summed E-state index contributed by atoms with van der Waals surface area (Å²) in [5, 5.41) is 1.10. The second kappa shape index (κ2) is 8.66. The van der Waals surface area contributed by atoms with Gasteiger partial charge < -0.3 is 4.74 Å². The van der Waals surface area contributed by atoms with Crippen LogP contribution >= 0.6 is 35.0 Å². The molecule has 0 atom stereocenters. The van der Waals surface area contributed by atoms with Gasteiger partial charge in [-0.3, -0.25) is 4.79 Å². The lowest BCUT2D eigenvalue weighted by Crippen LogP contribution is -1.97. The highest BCUT2D eigenvalue weighted by Crippen LogP contribution is 2.32. The van der Waals surface area contributed by atoms with Gasteiger partial charge in [0.1, 0.15) is 12.4 Å². The van der Waals surface area contributed by atoms with E-state index in [9.17, 15) is 4.79 Å². The highest BCUT2D eigenvalue weighted by molar-refractivity contribution is 7.98. The number of ketones is 1. The van der Waals surface area contributed by atoms with Crippen molar-refractivity contribution in [2.75, 3.05) is 6.26 Å². The molecule has 0 unspecified atom stereocenters. The van der Waals surface area contributed by atoms with Gasteiger partial charge in [0.15, 0.2) is 5.78 Å². The van der Waals surface area contributed by atoms with E-state index in [-0.39, 0.29) is 5.78 Å². The number of carbonyl (C=O) groups excluding carboxylic acids is 1. The van der Waals surface area contributed by atoms with Gasteiger partial charge in [-0.2, -0.15) is 0 Å². The molecule has 1 aliphatic rings. The van der Waals surface area contributed by atoms with E-state index in [0.29, 0.717) is 23.1 Å². The molecule has 0 bridgehead atoms. The Morgan fingerprint density at radius 1 is 1.00 bits per heavy atom. The van der Waals surface area contributed by atoms with Crippen LogP contribution in [0, 0.1) is 0 Å². The van der Waals surface area contributed by atoms with Crippen LogP contribution in [0.3, 0.4) is 0 Å². The summed E-state index contributed by atoms with van der Waals surface area (Å²) in [5.74, 6) is 0.799. The fourth-order valence-electron chi connectivity index (χ4n) is 3.35. The molecule has 2 nitrogen and oxygen atoms in total. The predicted octanol–water partition coefficient (Wildman–Crippen LogP) is 7.12. The van der Waals surface area contributed by atoms with Gasteiger partial charge in [0, 0.05) is 32.5 Å². The van der Waals surface area contributed by atoms with Crippen LogP contribution in [-0.4, -0.2) is 12.0 Å². The quantitative estimate of drug-likeness (QED) is 0.312. The van der Waals surface area contributed by atoms with Crippen molar-refractivity contribution >= 4 is 46.8 Å². The zero-order valence-electron chi connectivity index (χ0n) is 15.7. The molecule has 0 aliphatic heterocycles. The average molecular weight is 441 g/mol. The number of benzene rings is 3. The van der Waals surface area contributed by atoms with Gasteiger partial charge in [-0.15, -0.1) is 11.8 Å². The lowest BCUT2D eigenvalue weighted by Gasteiger charge is -2.08. The third-order valence-corrected chi connectivity index (χ3v) is 5.96. The van der Waals surface area contributed by atoms with Crippen LogP contribution in [0.5, 0.6) is 5.75 Å². The number of hydrogen-bond donors (Lipinski definition) is 0. The molecule has 0 saturated heterocycles. The summed E-state index contributed by atoms with van der Waals surface area (Å²) in [6, 6.07) is 19.2. The monoisotopic (exact) mass is 440 g/mol. The Balaban J connectivity index is 1.50. The first-order valence-corrected chi connectivity index (χ1v) is 11.1. The molecule has 0 amide bonds. The highest BCUT2D eigenvalue weighted by atomic mass is 35.5. The SMILES string of the molecule is CSc1ccc(COc2ccc3c(c2)C/C(=C\c2cc(Cl)cc(Cl)c2)C3=O)cc1. The second-order valence-electron chi connectivity index (χ2n) is 6.83. The minimum atomic E-state index is 0.0373. The van der Waals surface area contributed by atoms with Crippen LogP contribution in [0.25, 0.3) is 6.08 Å². The third kappa shape index (κ3) is 4.69. The number of allylic oxidation sites excluding steroid dienone is 1. The van der Waals surface area contributed by atoms with Crippen molar-refractivity contribution in [3.8, 4) is 5.75 Å². The molecule has 4 rings (SSSR count). The summed E-state index contributed by atoms with van der Waals surface area (Å²) < 4.78 is 5.94. The topological polar surface area (TPSA) is 26.3 Å². The van der Waals surface area contributed by atoms with Crippen LogP contribution in [0.1, 0.15) is 27.0 Å². The van der Waals surface area contributed by atoms with Gasteiger partial charge >= 0.3 is 0 Å². The van der Waals surface area contributed by atoms with Crippen LogP contribution in [-0.2, 0) is 13.0 Å². The maximum atomic E-state index is 12.7. The molecule has 0 saturated carbocycles. The Morgan fingerprint density at radius 2 is 1.72 bits per heavy atom. The normalized spacial score (nSPS) is 14.3. The number of hydrogen-bond acceptors (Lipinski definition) is 3. The standard InChI is InChI=1S/C24H18Cl2O2S/c1-29-22-5-2-15(3-6-22)14-28-21-4-7-23-17(12-21)11-18(24(23)27)8-16-9-19(25)13-20(26)10-16/h2-10,12-13H,11,14H2,1H3/b18-8+. The smallest absolute Gasteiger partial charge is 0.189 e. The average Bonchev–Trinajstić information content (AvgIpc) is 3.01. The van der Waals surface area contributed by atoms with Crippen molar-refractivity contribution in [1.82, 2.24) is 0 Å². The van der Waals surface area contributed by atoms with Gasteiger partial charge in [0.2, 0.25) is 0 Å². The van der Waals surface area contributed by atoms with E-state index in [2.05, 4.69) is 30.5 Å². The Kier molecular flexibility index (Phi) is 6.00. The minimum absolute atomic E-state index is 0.0373. The first kappa shape index (κ1) is 20.1. The Bertz CT molecular complexity index is 1080. The molecule has 0 fully saturated rings. The van der Waals surface area contributed by atoms with E-state index in [1.807, 2.05) is 24.3 Å². The molecule has 0 N–H and O–H groups in total. The van der Waals surface area contributed by atoms with Gasteiger partial charge in [-0.25, -0.2) is 0 Å². The summed E-state index contributed by atoms with van der Waals surface area (Å²) in [4.78, 5) is 14.0. The molecule has 5 heteroatoms.